The van der Waals surface area contributed by atoms with Crippen molar-refractivity contribution < 1.29 is 4.79 Å². The van der Waals surface area contributed by atoms with Gasteiger partial charge in [-0.05, 0) is 12.1 Å². The van der Waals surface area contributed by atoms with Crippen LogP contribution in [0.4, 0.5) is 5.82 Å². The first-order chi connectivity index (χ1) is 9.36. The molecule has 0 aliphatic rings. The van der Waals surface area contributed by atoms with Crippen molar-refractivity contribution in [2.75, 3.05) is 5.73 Å². The van der Waals surface area contributed by atoms with E-state index in [0.29, 0.717) is 17.9 Å². The van der Waals surface area contributed by atoms with Gasteiger partial charge in [0.05, 0.1) is 12.1 Å². The van der Waals surface area contributed by atoms with Gasteiger partial charge < -0.3 is 11.1 Å². The number of amides is 1. The van der Waals surface area contributed by atoms with Gasteiger partial charge in [-0.15, -0.1) is 11.3 Å². The molecule has 0 radical (unpaired) electrons. The van der Waals surface area contributed by atoms with Gasteiger partial charge in [0, 0.05) is 27.7 Å². The Bertz CT molecular complexity index is 602. The summed E-state index contributed by atoms with van der Waals surface area (Å²) in [7, 11) is 0. The summed E-state index contributed by atoms with van der Waals surface area (Å²) in [6, 6.07) is 3.38. The van der Waals surface area contributed by atoms with E-state index in [0.717, 1.165) is 10.6 Å². The molecule has 0 aliphatic carbocycles. The standard InChI is InChI=1S/C14H18N4OS/c1-14(2,3)11-4-9(5-12(15)18-11)13(19)17-7-10-6-16-8-20-10/h4-6,8H,7H2,1-3H3,(H2,15,18)(H,17,19). The zero-order valence-electron chi connectivity index (χ0n) is 11.8. The molecule has 2 aromatic rings. The van der Waals surface area contributed by atoms with Crippen molar-refractivity contribution in [1.82, 2.24) is 15.3 Å². The summed E-state index contributed by atoms with van der Waals surface area (Å²) in [5, 5.41) is 2.86. The van der Waals surface area contributed by atoms with E-state index >= 15 is 0 Å². The van der Waals surface area contributed by atoms with E-state index in [1.807, 2.05) is 20.8 Å². The van der Waals surface area contributed by atoms with Crippen molar-refractivity contribution in [3.05, 3.63) is 40.0 Å². The number of aromatic nitrogens is 2. The van der Waals surface area contributed by atoms with Crippen LogP contribution in [0.3, 0.4) is 0 Å². The number of thiazole rings is 1. The normalized spacial score (nSPS) is 11.3. The highest BCUT2D eigenvalue weighted by atomic mass is 32.1. The molecule has 5 nitrogen and oxygen atoms in total. The van der Waals surface area contributed by atoms with Crippen LogP contribution in [-0.4, -0.2) is 15.9 Å². The largest absolute Gasteiger partial charge is 0.384 e. The molecule has 0 spiro atoms. The van der Waals surface area contributed by atoms with E-state index < -0.39 is 0 Å². The van der Waals surface area contributed by atoms with Gasteiger partial charge >= 0.3 is 0 Å². The SMILES string of the molecule is CC(C)(C)c1cc(C(=O)NCc2cncs2)cc(N)n1. The van der Waals surface area contributed by atoms with Crippen LogP contribution in [-0.2, 0) is 12.0 Å². The number of carbonyl (C=O) groups is 1. The fourth-order valence-corrected chi connectivity index (χ4v) is 2.20. The van der Waals surface area contributed by atoms with Gasteiger partial charge in [-0.25, -0.2) is 4.98 Å². The van der Waals surface area contributed by atoms with Crippen LogP contribution in [0.1, 0.15) is 41.7 Å². The lowest BCUT2D eigenvalue weighted by atomic mass is 9.90. The quantitative estimate of drug-likeness (QED) is 0.909. The Labute approximate surface area is 122 Å². The molecule has 20 heavy (non-hydrogen) atoms. The molecule has 106 valence electrons. The number of nitrogens with zero attached hydrogens (tertiary/aromatic N) is 2. The maximum atomic E-state index is 12.2. The zero-order valence-corrected chi connectivity index (χ0v) is 12.6. The summed E-state index contributed by atoms with van der Waals surface area (Å²) in [6.07, 6.45) is 1.74. The number of pyridine rings is 1. The van der Waals surface area contributed by atoms with Gasteiger partial charge in [-0.2, -0.15) is 0 Å². The second-order valence-corrected chi connectivity index (χ2v) is 6.54. The van der Waals surface area contributed by atoms with E-state index in [4.69, 9.17) is 5.73 Å². The molecule has 2 heterocycles. The highest BCUT2D eigenvalue weighted by Crippen LogP contribution is 2.22. The van der Waals surface area contributed by atoms with Crippen molar-refractivity contribution in [2.24, 2.45) is 0 Å². The average Bonchev–Trinajstić information content (AvgIpc) is 2.87. The van der Waals surface area contributed by atoms with E-state index in [1.54, 1.807) is 23.8 Å². The first-order valence-corrected chi connectivity index (χ1v) is 7.18. The van der Waals surface area contributed by atoms with Crippen molar-refractivity contribution in [1.29, 1.82) is 0 Å². The Balaban J connectivity index is 2.15. The second-order valence-electron chi connectivity index (χ2n) is 5.57. The lowest BCUT2D eigenvalue weighted by molar-refractivity contribution is 0.0951. The van der Waals surface area contributed by atoms with Crippen LogP contribution in [0, 0.1) is 0 Å². The maximum absolute atomic E-state index is 12.2. The second kappa shape index (κ2) is 5.58. The lowest BCUT2D eigenvalue weighted by Crippen LogP contribution is -2.24. The molecule has 0 aliphatic heterocycles. The Morgan fingerprint density at radius 3 is 2.75 bits per heavy atom. The number of hydrogen-bond acceptors (Lipinski definition) is 5. The Morgan fingerprint density at radius 1 is 1.40 bits per heavy atom. The fourth-order valence-electron chi connectivity index (χ4n) is 1.67. The van der Waals surface area contributed by atoms with Crippen molar-refractivity contribution >= 4 is 23.1 Å². The van der Waals surface area contributed by atoms with E-state index in [2.05, 4.69) is 15.3 Å². The van der Waals surface area contributed by atoms with Crippen LogP contribution >= 0.6 is 11.3 Å². The molecule has 0 fully saturated rings. The topological polar surface area (TPSA) is 80.9 Å². The van der Waals surface area contributed by atoms with Crippen LogP contribution in [0.5, 0.6) is 0 Å². The van der Waals surface area contributed by atoms with Gasteiger partial charge in [0.15, 0.2) is 0 Å². The molecule has 2 aromatic heterocycles. The third kappa shape index (κ3) is 3.54. The number of hydrogen-bond donors (Lipinski definition) is 2. The van der Waals surface area contributed by atoms with Crippen LogP contribution in [0.25, 0.3) is 0 Å². The highest BCUT2D eigenvalue weighted by molar-refractivity contribution is 7.09. The monoisotopic (exact) mass is 290 g/mol. The van der Waals surface area contributed by atoms with Crippen LogP contribution < -0.4 is 11.1 Å². The third-order valence-corrected chi connectivity index (χ3v) is 3.56. The van der Waals surface area contributed by atoms with Crippen molar-refractivity contribution in [2.45, 2.75) is 32.7 Å². The highest BCUT2D eigenvalue weighted by Gasteiger charge is 2.18. The Kier molecular flexibility index (Phi) is 4.04. The molecule has 3 N–H and O–H groups in total. The first-order valence-electron chi connectivity index (χ1n) is 6.30. The molecule has 0 saturated heterocycles. The van der Waals surface area contributed by atoms with Gasteiger partial charge in [0.25, 0.3) is 5.91 Å². The molecule has 0 saturated carbocycles. The van der Waals surface area contributed by atoms with Gasteiger partial charge in [0.1, 0.15) is 5.82 Å². The molecular weight excluding hydrogens is 272 g/mol. The van der Waals surface area contributed by atoms with E-state index in [-0.39, 0.29) is 11.3 Å². The van der Waals surface area contributed by atoms with Gasteiger partial charge in [-0.3, -0.25) is 9.78 Å². The molecule has 0 aromatic carbocycles. The number of anilines is 1. The van der Waals surface area contributed by atoms with E-state index in [9.17, 15) is 4.79 Å². The third-order valence-electron chi connectivity index (χ3n) is 2.78. The Hall–Kier alpha value is -1.95. The number of nitrogens with one attached hydrogen (secondary N) is 1. The van der Waals surface area contributed by atoms with E-state index in [1.165, 1.54) is 11.3 Å². The minimum atomic E-state index is -0.155. The minimum Gasteiger partial charge on any atom is -0.384 e. The molecule has 0 atom stereocenters. The summed E-state index contributed by atoms with van der Waals surface area (Å²) in [5.41, 5.74) is 8.71. The molecule has 2 rings (SSSR count). The van der Waals surface area contributed by atoms with Crippen LogP contribution in [0.15, 0.2) is 23.8 Å². The summed E-state index contributed by atoms with van der Waals surface area (Å²) in [6.45, 7) is 6.58. The predicted octanol–water partition coefficient (Wildman–Crippen LogP) is 2.35. The molecule has 6 heteroatoms. The average molecular weight is 290 g/mol. The number of nitrogen functional groups attached to an aromatic ring is 1. The number of nitrogens with two attached hydrogens (primary N) is 1. The summed E-state index contributed by atoms with van der Waals surface area (Å²) < 4.78 is 0. The lowest BCUT2D eigenvalue weighted by Gasteiger charge is -2.19. The predicted molar refractivity (Wildman–Crippen MR) is 80.6 cm³/mol. The Morgan fingerprint density at radius 2 is 2.15 bits per heavy atom. The summed E-state index contributed by atoms with van der Waals surface area (Å²) >= 11 is 1.51. The van der Waals surface area contributed by atoms with Gasteiger partial charge in [-0.1, -0.05) is 20.8 Å². The summed E-state index contributed by atoms with van der Waals surface area (Å²) in [4.78, 5) is 21.4. The maximum Gasteiger partial charge on any atom is 0.251 e. The first kappa shape index (κ1) is 14.5. The molecule has 0 unspecified atom stereocenters. The molecular formula is C14H18N4OS. The summed E-state index contributed by atoms with van der Waals surface area (Å²) in [5.74, 6) is 0.207. The van der Waals surface area contributed by atoms with Crippen molar-refractivity contribution in [3.63, 3.8) is 0 Å². The number of rotatable bonds is 3. The number of carbonyl (C=O) groups excluding carboxylic acids is 1. The van der Waals surface area contributed by atoms with Gasteiger partial charge in [0.2, 0.25) is 0 Å². The van der Waals surface area contributed by atoms with Crippen molar-refractivity contribution in [3.8, 4) is 0 Å². The minimum absolute atomic E-state index is 0.151. The zero-order chi connectivity index (χ0) is 14.8. The molecule has 1 amide bonds. The smallest absolute Gasteiger partial charge is 0.251 e. The van der Waals surface area contributed by atoms with Crippen LogP contribution in [0.2, 0.25) is 0 Å². The molecule has 0 bridgehead atoms. The fraction of sp³-hybridized carbons (Fsp3) is 0.357.